The van der Waals surface area contributed by atoms with Crippen LogP contribution in [-0.2, 0) is 0 Å². The van der Waals surface area contributed by atoms with Gasteiger partial charge in [-0.2, -0.15) is 10.4 Å². The number of nitrogens with zero attached hydrogens (tertiary/aromatic N) is 5. The van der Waals surface area contributed by atoms with Crippen molar-refractivity contribution in [2.75, 3.05) is 13.1 Å². The van der Waals surface area contributed by atoms with Gasteiger partial charge in [-0.15, -0.1) is 0 Å². The quantitative estimate of drug-likeness (QED) is 0.682. The number of benzene rings is 1. The predicted molar refractivity (Wildman–Crippen MR) is 116 cm³/mol. The molecule has 8 nitrogen and oxygen atoms in total. The first-order chi connectivity index (χ1) is 15.1. The highest BCUT2D eigenvalue weighted by molar-refractivity contribution is 5.73. The molecule has 31 heavy (non-hydrogen) atoms. The molecule has 1 saturated carbocycles. The van der Waals surface area contributed by atoms with Crippen LogP contribution in [0.15, 0.2) is 35.3 Å². The van der Waals surface area contributed by atoms with Gasteiger partial charge in [-0.3, -0.25) is 9.69 Å². The van der Waals surface area contributed by atoms with Crippen LogP contribution in [-0.4, -0.2) is 43.8 Å². The number of H-pyrrole nitrogens is 1. The molecule has 0 amide bonds. The summed E-state index contributed by atoms with van der Waals surface area (Å²) in [6, 6.07) is 9.78. The monoisotopic (exact) mass is 418 g/mol. The third-order valence-corrected chi connectivity index (χ3v) is 6.57. The fourth-order valence-corrected chi connectivity index (χ4v) is 4.78. The van der Waals surface area contributed by atoms with Crippen molar-refractivity contribution in [1.82, 2.24) is 24.6 Å². The van der Waals surface area contributed by atoms with E-state index in [1.807, 2.05) is 22.9 Å². The smallest absolute Gasteiger partial charge is 0.262 e. The number of fused-ring (bicyclic) bond motifs is 1. The van der Waals surface area contributed by atoms with E-state index >= 15 is 0 Å². The van der Waals surface area contributed by atoms with Gasteiger partial charge < -0.3 is 9.72 Å². The second-order valence-corrected chi connectivity index (χ2v) is 8.52. The van der Waals surface area contributed by atoms with E-state index in [1.165, 1.54) is 12.8 Å². The van der Waals surface area contributed by atoms with Crippen molar-refractivity contribution in [2.45, 2.75) is 57.2 Å². The zero-order valence-corrected chi connectivity index (χ0v) is 17.6. The molecule has 2 aliphatic rings. The van der Waals surface area contributed by atoms with Gasteiger partial charge in [0.1, 0.15) is 29.1 Å². The van der Waals surface area contributed by atoms with E-state index in [9.17, 15) is 10.1 Å². The number of aromatic amines is 1. The van der Waals surface area contributed by atoms with Crippen molar-refractivity contribution in [3.8, 4) is 11.8 Å². The van der Waals surface area contributed by atoms with Crippen molar-refractivity contribution < 1.29 is 4.74 Å². The summed E-state index contributed by atoms with van der Waals surface area (Å²) in [7, 11) is 0. The Hall–Kier alpha value is -3.18. The molecule has 1 saturated heterocycles. The van der Waals surface area contributed by atoms with Crippen LogP contribution in [0.3, 0.4) is 0 Å². The Bertz CT molecular complexity index is 1190. The molecule has 2 aromatic heterocycles. The van der Waals surface area contributed by atoms with Crippen LogP contribution in [0, 0.1) is 11.3 Å². The minimum absolute atomic E-state index is 0.00331. The zero-order chi connectivity index (χ0) is 21.4. The van der Waals surface area contributed by atoms with Crippen molar-refractivity contribution in [1.29, 1.82) is 5.26 Å². The third-order valence-electron chi connectivity index (χ3n) is 6.57. The summed E-state index contributed by atoms with van der Waals surface area (Å²) in [6.07, 6.45) is 7.07. The minimum atomic E-state index is -0.133. The molecule has 3 aromatic rings. The molecule has 1 aliphatic carbocycles. The molecule has 160 valence electrons. The van der Waals surface area contributed by atoms with E-state index < -0.39 is 0 Å². The van der Waals surface area contributed by atoms with E-state index in [0.717, 1.165) is 25.8 Å². The highest BCUT2D eigenvalue weighted by Gasteiger charge is 2.30. The molecule has 0 radical (unpaired) electrons. The van der Waals surface area contributed by atoms with Crippen LogP contribution in [0.2, 0.25) is 0 Å². The molecular weight excluding hydrogens is 392 g/mol. The number of ether oxygens (including phenoxy) is 1. The zero-order valence-electron chi connectivity index (χ0n) is 17.6. The van der Waals surface area contributed by atoms with Gasteiger partial charge in [-0.1, -0.05) is 25.0 Å². The van der Waals surface area contributed by atoms with E-state index in [0.29, 0.717) is 40.8 Å². The first kappa shape index (κ1) is 19.8. The van der Waals surface area contributed by atoms with Gasteiger partial charge in [0.15, 0.2) is 5.65 Å². The Kier molecular flexibility index (Phi) is 5.20. The van der Waals surface area contributed by atoms with Crippen molar-refractivity contribution in [3.05, 3.63) is 52.2 Å². The van der Waals surface area contributed by atoms with Gasteiger partial charge in [0.25, 0.3) is 5.56 Å². The molecule has 0 spiro atoms. The molecule has 1 aliphatic heterocycles. The lowest BCUT2D eigenvalue weighted by molar-refractivity contribution is 0.180. The van der Waals surface area contributed by atoms with Crippen molar-refractivity contribution in [2.24, 2.45) is 0 Å². The van der Waals surface area contributed by atoms with Crippen LogP contribution in [0.1, 0.15) is 62.5 Å². The predicted octanol–water partition coefficient (Wildman–Crippen LogP) is 3.32. The summed E-state index contributed by atoms with van der Waals surface area (Å²) in [6.45, 7) is 3.61. The summed E-state index contributed by atoms with van der Waals surface area (Å²) >= 11 is 0. The summed E-state index contributed by atoms with van der Waals surface area (Å²) in [5.74, 6) is 1.29. The first-order valence-electron chi connectivity index (χ1n) is 11.0. The molecular formula is C23H26N6O2. The molecule has 8 heteroatoms. The van der Waals surface area contributed by atoms with Gasteiger partial charge in [-0.05, 0) is 38.3 Å². The lowest BCUT2D eigenvalue weighted by Crippen LogP contribution is -2.30. The van der Waals surface area contributed by atoms with Crippen LogP contribution in [0.25, 0.3) is 11.0 Å². The number of hydrogen-bond donors (Lipinski definition) is 1. The van der Waals surface area contributed by atoms with Crippen LogP contribution in [0.4, 0.5) is 0 Å². The maximum Gasteiger partial charge on any atom is 0.262 e. The SMILES string of the molecule is C[C@H](c1nc2c(cnn2C2CCCC2)c(=O)[nH]1)N1CC[C@@H](Oc2ccccc2C#N)C1. The second-order valence-electron chi connectivity index (χ2n) is 8.52. The van der Waals surface area contributed by atoms with Crippen LogP contribution >= 0.6 is 0 Å². The average Bonchev–Trinajstić information content (AvgIpc) is 3.54. The number of nitrogens with one attached hydrogen (secondary N) is 1. The van der Waals surface area contributed by atoms with Gasteiger partial charge in [0, 0.05) is 13.1 Å². The fourth-order valence-electron chi connectivity index (χ4n) is 4.78. The lowest BCUT2D eigenvalue weighted by Gasteiger charge is -2.23. The largest absolute Gasteiger partial charge is 0.488 e. The number of likely N-dealkylation sites (tertiary alicyclic amines) is 1. The minimum Gasteiger partial charge on any atom is -0.488 e. The summed E-state index contributed by atoms with van der Waals surface area (Å²) in [4.78, 5) is 22.8. The van der Waals surface area contributed by atoms with E-state index in [2.05, 4.69) is 28.0 Å². The normalized spacial score (nSPS) is 20.8. The first-order valence-corrected chi connectivity index (χ1v) is 11.0. The maximum absolute atomic E-state index is 12.7. The molecule has 0 unspecified atom stereocenters. The van der Waals surface area contributed by atoms with E-state index in [1.54, 1.807) is 12.3 Å². The van der Waals surface area contributed by atoms with Crippen LogP contribution in [0.5, 0.6) is 5.75 Å². The molecule has 1 aromatic carbocycles. The maximum atomic E-state index is 12.7. The standard InChI is InChI=1S/C23H26N6O2/c1-15(28-11-10-18(14-28)31-20-9-5-2-6-16(20)12-24)21-26-22-19(23(30)27-21)13-25-29(22)17-7-3-4-8-17/h2,5-6,9,13,15,17-18H,3-4,7-8,10-11,14H2,1H3,(H,26,27,30)/t15-,18-/m1/s1. The molecule has 1 N–H and O–H groups in total. The summed E-state index contributed by atoms with van der Waals surface area (Å²) in [5, 5.41) is 14.3. The van der Waals surface area contributed by atoms with Crippen molar-refractivity contribution in [3.63, 3.8) is 0 Å². The molecule has 5 rings (SSSR count). The Labute approximate surface area is 180 Å². The summed E-state index contributed by atoms with van der Waals surface area (Å²) < 4.78 is 8.06. The number of nitriles is 1. The van der Waals surface area contributed by atoms with Gasteiger partial charge >= 0.3 is 0 Å². The van der Waals surface area contributed by atoms with Gasteiger partial charge in [-0.25, -0.2) is 9.67 Å². The van der Waals surface area contributed by atoms with E-state index in [-0.39, 0.29) is 17.7 Å². The Morgan fingerprint density at radius 3 is 2.87 bits per heavy atom. The Balaban J connectivity index is 1.35. The number of rotatable bonds is 5. The third kappa shape index (κ3) is 3.70. The topological polar surface area (TPSA) is 99.8 Å². The Morgan fingerprint density at radius 2 is 2.06 bits per heavy atom. The summed E-state index contributed by atoms with van der Waals surface area (Å²) in [5.41, 5.74) is 1.10. The number of para-hydroxylation sites is 1. The van der Waals surface area contributed by atoms with Gasteiger partial charge in [0.2, 0.25) is 0 Å². The lowest BCUT2D eigenvalue weighted by atomic mass is 10.2. The van der Waals surface area contributed by atoms with Crippen molar-refractivity contribution >= 4 is 11.0 Å². The highest BCUT2D eigenvalue weighted by atomic mass is 16.5. The second kappa shape index (κ2) is 8.16. The average molecular weight is 419 g/mol. The molecule has 2 atom stereocenters. The van der Waals surface area contributed by atoms with E-state index in [4.69, 9.17) is 9.72 Å². The number of aromatic nitrogens is 4. The fraction of sp³-hybridized carbons (Fsp3) is 0.478. The number of hydrogen-bond acceptors (Lipinski definition) is 6. The molecule has 0 bridgehead atoms. The molecule has 3 heterocycles. The Morgan fingerprint density at radius 1 is 1.26 bits per heavy atom. The highest BCUT2D eigenvalue weighted by Crippen LogP contribution is 2.31. The molecule has 2 fully saturated rings. The van der Waals surface area contributed by atoms with Gasteiger partial charge in [0.05, 0.1) is 23.8 Å². The van der Waals surface area contributed by atoms with Crippen LogP contribution < -0.4 is 10.3 Å².